The molecule has 0 saturated carbocycles. The molecule has 0 aliphatic heterocycles. The Morgan fingerprint density at radius 3 is 2.43 bits per heavy atom. The van der Waals surface area contributed by atoms with Crippen LogP contribution in [0.2, 0.25) is 0 Å². The highest BCUT2D eigenvalue weighted by atomic mass is 19.4. The highest BCUT2D eigenvalue weighted by Gasteiger charge is 2.30. The van der Waals surface area contributed by atoms with E-state index in [-0.39, 0.29) is 17.7 Å². The van der Waals surface area contributed by atoms with Crippen molar-refractivity contribution in [1.82, 2.24) is 0 Å². The van der Waals surface area contributed by atoms with Gasteiger partial charge in [0, 0.05) is 17.3 Å². The van der Waals surface area contributed by atoms with Crippen LogP contribution in [0.15, 0.2) is 71.2 Å². The highest BCUT2D eigenvalue weighted by Crippen LogP contribution is 2.32. The molecular formula is C22H16F3NO4. The quantitative estimate of drug-likeness (QED) is 0.540. The molecule has 2 N–H and O–H groups in total. The van der Waals surface area contributed by atoms with Crippen LogP contribution in [0.1, 0.15) is 16.9 Å². The first-order chi connectivity index (χ1) is 14.2. The number of halogens is 3. The van der Waals surface area contributed by atoms with Gasteiger partial charge < -0.3 is 14.8 Å². The molecular weight excluding hydrogens is 399 g/mol. The van der Waals surface area contributed by atoms with E-state index in [9.17, 15) is 22.8 Å². The first-order valence-electron chi connectivity index (χ1n) is 8.78. The van der Waals surface area contributed by atoms with Gasteiger partial charge in [0.15, 0.2) is 0 Å². The van der Waals surface area contributed by atoms with Gasteiger partial charge in [-0.3, -0.25) is 9.59 Å². The number of aliphatic carboxylic acids is 1. The molecule has 0 aliphatic carbocycles. The third-order valence-corrected chi connectivity index (χ3v) is 4.08. The van der Waals surface area contributed by atoms with Gasteiger partial charge in [0.2, 0.25) is 5.91 Å². The zero-order chi connectivity index (χ0) is 21.7. The van der Waals surface area contributed by atoms with Crippen LogP contribution in [-0.4, -0.2) is 17.0 Å². The number of amides is 1. The number of hydrogen-bond acceptors (Lipinski definition) is 3. The Bertz CT molecular complexity index is 1080. The van der Waals surface area contributed by atoms with Crippen LogP contribution in [0.4, 0.5) is 18.9 Å². The van der Waals surface area contributed by atoms with E-state index in [1.165, 1.54) is 30.4 Å². The van der Waals surface area contributed by atoms with Crippen LogP contribution < -0.4 is 5.32 Å². The van der Waals surface area contributed by atoms with Crippen LogP contribution in [0.5, 0.6) is 0 Å². The molecule has 2 aromatic carbocycles. The van der Waals surface area contributed by atoms with Gasteiger partial charge in [-0.25, -0.2) is 0 Å². The number of nitrogens with one attached hydrogen (secondary N) is 1. The second-order valence-corrected chi connectivity index (χ2v) is 6.37. The van der Waals surface area contributed by atoms with Gasteiger partial charge in [0.1, 0.15) is 11.5 Å². The van der Waals surface area contributed by atoms with Crippen molar-refractivity contribution in [1.29, 1.82) is 0 Å². The maximum atomic E-state index is 12.8. The van der Waals surface area contributed by atoms with E-state index in [0.717, 1.165) is 12.1 Å². The fourth-order valence-corrected chi connectivity index (χ4v) is 2.67. The maximum Gasteiger partial charge on any atom is 0.416 e. The van der Waals surface area contributed by atoms with E-state index in [1.54, 1.807) is 30.3 Å². The summed E-state index contributed by atoms with van der Waals surface area (Å²) in [5, 5.41) is 11.4. The van der Waals surface area contributed by atoms with Crippen molar-refractivity contribution in [2.75, 3.05) is 5.32 Å². The van der Waals surface area contributed by atoms with Gasteiger partial charge in [0.25, 0.3) is 0 Å². The Morgan fingerprint density at radius 1 is 1.03 bits per heavy atom. The molecule has 8 heteroatoms. The van der Waals surface area contributed by atoms with Gasteiger partial charge >= 0.3 is 12.1 Å². The first-order valence-corrected chi connectivity index (χ1v) is 8.78. The van der Waals surface area contributed by atoms with Crippen molar-refractivity contribution >= 4 is 23.6 Å². The summed E-state index contributed by atoms with van der Waals surface area (Å²) in [6, 6.07) is 14.2. The lowest BCUT2D eigenvalue weighted by molar-refractivity contribution is -0.138. The molecule has 0 fully saturated rings. The minimum absolute atomic E-state index is 0.110. The molecule has 0 atom stereocenters. The Kier molecular flexibility index (Phi) is 6.06. The average Bonchev–Trinajstić information content (AvgIpc) is 3.16. The van der Waals surface area contributed by atoms with E-state index in [4.69, 9.17) is 9.52 Å². The Balaban J connectivity index is 1.64. The van der Waals surface area contributed by atoms with Crippen molar-refractivity contribution in [2.45, 2.75) is 12.6 Å². The molecule has 5 nitrogen and oxygen atoms in total. The van der Waals surface area contributed by atoms with Crippen molar-refractivity contribution in [3.8, 4) is 11.3 Å². The molecule has 0 spiro atoms. The fourth-order valence-electron chi connectivity index (χ4n) is 2.67. The summed E-state index contributed by atoms with van der Waals surface area (Å²) in [6.07, 6.45) is -1.94. The van der Waals surface area contributed by atoms with Gasteiger partial charge in [-0.1, -0.05) is 24.3 Å². The largest absolute Gasteiger partial charge is 0.481 e. The number of alkyl halides is 3. The second-order valence-electron chi connectivity index (χ2n) is 6.37. The summed E-state index contributed by atoms with van der Waals surface area (Å²) in [6.45, 7) is 0. The standard InChI is InChI=1S/C22H16F3NO4/c23-22(24,25)16-3-1-2-15(13-16)19-10-8-18(30-19)9-11-20(27)26-17-6-4-14(5-7-17)12-21(28)29/h1-11,13H,12H2,(H,26,27)(H,28,29)/b11-9+. The normalized spacial score (nSPS) is 11.6. The Hall–Kier alpha value is -3.81. The minimum atomic E-state index is -4.45. The molecule has 0 unspecified atom stereocenters. The fraction of sp³-hybridized carbons (Fsp3) is 0.0909. The smallest absolute Gasteiger partial charge is 0.416 e. The molecule has 1 aromatic heterocycles. The molecule has 0 bridgehead atoms. The van der Waals surface area contributed by atoms with Gasteiger partial charge in [0.05, 0.1) is 12.0 Å². The van der Waals surface area contributed by atoms with Crippen molar-refractivity contribution < 1.29 is 32.3 Å². The van der Waals surface area contributed by atoms with E-state index < -0.39 is 23.6 Å². The number of carbonyl (C=O) groups is 2. The first kappa shape index (κ1) is 20.9. The zero-order valence-corrected chi connectivity index (χ0v) is 15.4. The average molecular weight is 415 g/mol. The molecule has 30 heavy (non-hydrogen) atoms. The number of benzene rings is 2. The van der Waals surface area contributed by atoms with Crippen molar-refractivity contribution in [3.63, 3.8) is 0 Å². The molecule has 3 rings (SSSR count). The lowest BCUT2D eigenvalue weighted by atomic mass is 10.1. The third-order valence-electron chi connectivity index (χ3n) is 4.08. The Labute approximate surface area is 169 Å². The lowest BCUT2D eigenvalue weighted by Crippen LogP contribution is -2.08. The molecule has 0 radical (unpaired) electrons. The van der Waals surface area contributed by atoms with E-state index in [2.05, 4.69) is 5.32 Å². The topological polar surface area (TPSA) is 79.5 Å². The number of furan rings is 1. The molecule has 1 amide bonds. The number of carboxylic acid groups (broad SMARTS) is 1. The highest BCUT2D eigenvalue weighted by molar-refractivity contribution is 6.01. The van der Waals surface area contributed by atoms with Crippen LogP contribution in [0.3, 0.4) is 0 Å². The van der Waals surface area contributed by atoms with E-state index in [0.29, 0.717) is 17.0 Å². The summed E-state index contributed by atoms with van der Waals surface area (Å²) in [5.41, 5.74) is 0.592. The molecule has 154 valence electrons. The zero-order valence-electron chi connectivity index (χ0n) is 15.4. The number of anilines is 1. The molecule has 0 aliphatic rings. The third kappa shape index (κ3) is 5.60. The predicted molar refractivity (Wildman–Crippen MR) is 105 cm³/mol. The summed E-state index contributed by atoms with van der Waals surface area (Å²) >= 11 is 0. The van der Waals surface area contributed by atoms with Crippen LogP contribution in [-0.2, 0) is 22.2 Å². The summed E-state index contributed by atoms with van der Waals surface area (Å²) < 4.78 is 44.0. The van der Waals surface area contributed by atoms with Crippen LogP contribution in [0, 0.1) is 0 Å². The van der Waals surface area contributed by atoms with Crippen molar-refractivity contribution in [3.05, 3.63) is 83.6 Å². The predicted octanol–water partition coefficient (Wildman–Crippen LogP) is 5.24. The van der Waals surface area contributed by atoms with E-state index in [1.807, 2.05) is 0 Å². The molecule has 0 saturated heterocycles. The molecule has 3 aromatic rings. The number of carboxylic acids is 1. The number of carbonyl (C=O) groups excluding carboxylic acids is 1. The maximum absolute atomic E-state index is 12.8. The SMILES string of the molecule is O=C(O)Cc1ccc(NC(=O)/C=C/c2ccc(-c3cccc(C(F)(F)F)c3)o2)cc1. The number of rotatable bonds is 6. The van der Waals surface area contributed by atoms with Crippen molar-refractivity contribution in [2.24, 2.45) is 0 Å². The van der Waals surface area contributed by atoms with Gasteiger partial charge in [-0.15, -0.1) is 0 Å². The molecule has 1 heterocycles. The summed E-state index contributed by atoms with van der Waals surface area (Å²) in [4.78, 5) is 22.7. The summed E-state index contributed by atoms with van der Waals surface area (Å²) in [7, 11) is 0. The summed E-state index contributed by atoms with van der Waals surface area (Å²) in [5.74, 6) is -0.847. The Morgan fingerprint density at radius 2 is 1.77 bits per heavy atom. The number of hydrogen-bond donors (Lipinski definition) is 2. The van der Waals surface area contributed by atoms with Crippen LogP contribution >= 0.6 is 0 Å². The minimum Gasteiger partial charge on any atom is -0.481 e. The monoisotopic (exact) mass is 415 g/mol. The van der Waals surface area contributed by atoms with Crippen LogP contribution in [0.25, 0.3) is 17.4 Å². The van der Waals surface area contributed by atoms with Gasteiger partial charge in [-0.05, 0) is 48.0 Å². The second kappa shape index (κ2) is 8.69. The van der Waals surface area contributed by atoms with Gasteiger partial charge in [-0.2, -0.15) is 13.2 Å². The lowest BCUT2D eigenvalue weighted by Gasteiger charge is -2.07. The van der Waals surface area contributed by atoms with E-state index >= 15 is 0 Å².